The zero-order valence-electron chi connectivity index (χ0n) is 19.6. The van der Waals surface area contributed by atoms with Crippen molar-refractivity contribution in [2.24, 2.45) is 0 Å². The molecule has 0 bridgehead atoms. The van der Waals surface area contributed by atoms with E-state index in [2.05, 4.69) is 6.92 Å². The number of methoxy groups -OCH3 is 1. The summed E-state index contributed by atoms with van der Waals surface area (Å²) < 4.78 is 35.3. The van der Waals surface area contributed by atoms with Crippen molar-refractivity contribution in [3.8, 4) is 11.5 Å². The maximum atomic E-state index is 13.6. The molecule has 34 heavy (non-hydrogen) atoms. The molecular formula is C25H31Cl2NO5S. The second kappa shape index (κ2) is 12.1. The summed E-state index contributed by atoms with van der Waals surface area (Å²) in [4.78, 5) is 15.2. The van der Waals surface area contributed by atoms with E-state index < -0.39 is 15.9 Å². The fourth-order valence-electron chi connectivity index (χ4n) is 4.01. The Kier molecular flexibility index (Phi) is 9.51. The highest BCUT2D eigenvalue weighted by molar-refractivity contribution is 7.91. The van der Waals surface area contributed by atoms with Crippen molar-refractivity contribution in [3.63, 3.8) is 0 Å². The lowest BCUT2D eigenvalue weighted by Gasteiger charge is -2.29. The largest absolute Gasteiger partial charge is 0.497 e. The summed E-state index contributed by atoms with van der Waals surface area (Å²) in [6.07, 6.45) is 4.62. The van der Waals surface area contributed by atoms with Crippen LogP contribution in [0.25, 0.3) is 0 Å². The number of carbonyl (C=O) groups excluding carboxylic acids is 1. The molecule has 1 aliphatic rings. The van der Waals surface area contributed by atoms with Crippen molar-refractivity contribution in [3.05, 3.63) is 57.6 Å². The lowest BCUT2D eigenvalue weighted by molar-refractivity contribution is 0.0681. The summed E-state index contributed by atoms with van der Waals surface area (Å²) in [6.45, 7) is 2.90. The molecule has 0 aliphatic carbocycles. The molecule has 0 N–H and O–H groups in total. The maximum Gasteiger partial charge on any atom is 0.254 e. The normalized spacial score (nSPS) is 16.9. The molecule has 0 saturated carbocycles. The maximum absolute atomic E-state index is 13.6. The number of rotatable bonds is 11. The van der Waals surface area contributed by atoms with Crippen LogP contribution in [0.2, 0.25) is 10.0 Å². The van der Waals surface area contributed by atoms with Crippen LogP contribution in [0.15, 0.2) is 36.4 Å². The van der Waals surface area contributed by atoms with Crippen LogP contribution in [0.3, 0.4) is 0 Å². The Labute approximate surface area is 212 Å². The summed E-state index contributed by atoms with van der Waals surface area (Å²) >= 11 is 12.9. The molecule has 1 amide bonds. The second-order valence-corrected chi connectivity index (χ2v) is 11.6. The molecule has 9 heteroatoms. The van der Waals surface area contributed by atoms with E-state index in [0.717, 1.165) is 31.2 Å². The van der Waals surface area contributed by atoms with Gasteiger partial charge in [0.25, 0.3) is 5.91 Å². The summed E-state index contributed by atoms with van der Waals surface area (Å²) in [5.41, 5.74) is 1.16. The molecule has 1 heterocycles. The minimum Gasteiger partial charge on any atom is -0.497 e. The molecule has 2 aromatic rings. The van der Waals surface area contributed by atoms with Crippen LogP contribution >= 0.6 is 23.2 Å². The molecule has 0 spiro atoms. The van der Waals surface area contributed by atoms with E-state index in [0.29, 0.717) is 30.1 Å². The molecule has 186 valence electrons. The van der Waals surface area contributed by atoms with E-state index in [-0.39, 0.29) is 34.0 Å². The molecule has 3 rings (SSSR count). The van der Waals surface area contributed by atoms with Gasteiger partial charge in [0.15, 0.2) is 15.6 Å². The fourth-order valence-corrected chi connectivity index (χ4v) is 6.33. The molecule has 6 nitrogen and oxygen atoms in total. The van der Waals surface area contributed by atoms with E-state index in [4.69, 9.17) is 32.7 Å². The molecule has 1 fully saturated rings. The van der Waals surface area contributed by atoms with Crippen molar-refractivity contribution in [1.82, 2.24) is 4.90 Å². The van der Waals surface area contributed by atoms with Gasteiger partial charge in [-0.25, -0.2) is 8.42 Å². The Balaban J connectivity index is 1.82. The van der Waals surface area contributed by atoms with Gasteiger partial charge in [-0.1, -0.05) is 61.5 Å². The Hall–Kier alpha value is -1.96. The van der Waals surface area contributed by atoms with Crippen molar-refractivity contribution in [2.75, 3.05) is 25.2 Å². The molecule has 1 aliphatic heterocycles. The number of unbranched alkanes of at least 4 members (excludes halogenated alkanes) is 3. The number of hydrogen-bond acceptors (Lipinski definition) is 5. The van der Waals surface area contributed by atoms with Gasteiger partial charge in [-0.05, 0) is 42.7 Å². The van der Waals surface area contributed by atoms with Crippen LogP contribution in [0, 0.1) is 0 Å². The number of sulfone groups is 1. The number of carbonyl (C=O) groups is 1. The number of ether oxygens (including phenoxy) is 2. The summed E-state index contributed by atoms with van der Waals surface area (Å²) in [5.74, 6) is 0.748. The lowest BCUT2D eigenvalue weighted by Crippen LogP contribution is -2.40. The first kappa shape index (κ1) is 26.6. The van der Waals surface area contributed by atoms with E-state index >= 15 is 0 Å². The van der Waals surface area contributed by atoms with Crippen LogP contribution in [0.1, 0.15) is 54.9 Å². The van der Waals surface area contributed by atoms with Crippen LogP contribution in [0.5, 0.6) is 11.5 Å². The molecule has 1 saturated heterocycles. The minimum atomic E-state index is -3.19. The van der Waals surface area contributed by atoms with E-state index in [1.165, 1.54) is 0 Å². The van der Waals surface area contributed by atoms with Gasteiger partial charge in [0.2, 0.25) is 0 Å². The predicted molar refractivity (Wildman–Crippen MR) is 136 cm³/mol. The topological polar surface area (TPSA) is 72.9 Å². The minimum absolute atomic E-state index is 0.0602. The first-order chi connectivity index (χ1) is 16.2. The number of halogens is 2. The predicted octanol–water partition coefficient (Wildman–Crippen LogP) is 5.79. The van der Waals surface area contributed by atoms with Crippen LogP contribution in [-0.2, 0) is 16.4 Å². The quantitative estimate of drug-likeness (QED) is 0.345. The Morgan fingerprint density at radius 2 is 1.76 bits per heavy atom. The molecule has 1 unspecified atom stereocenters. The summed E-state index contributed by atoms with van der Waals surface area (Å²) in [5, 5.41) is 0.518. The van der Waals surface area contributed by atoms with Gasteiger partial charge < -0.3 is 14.4 Å². The zero-order valence-corrected chi connectivity index (χ0v) is 21.9. The van der Waals surface area contributed by atoms with Crippen LogP contribution in [0.4, 0.5) is 0 Å². The molecule has 0 radical (unpaired) electrons. The first-order valence-corrected chi connectivity index (χ1v) is 14.1. The molecular weight excluding hydrogens is 497 g/mol. The summed E-state index contributed by atoms with van der Waals surface area (Å²) in [7, 11) is -1.60. The fraction of sp³-hybridized carbons (Fsp3) is 0.480. The van der Waals surface area contributed by atoms with E-state index in [1.54, 1.807) is 24.1 Å². The third-order valence-electron chi connectivity index (χ3n) is 5.91. The van der Waals surface area contributed by atoms with Gasteiger partial charge in [0, 0.05) is 18.2 Å². The Morgan fingerprint density at radius 1 is 1.09 bits per heavy atom. The monoisotopic (exact) mass is 527 g/mol. The Bertz CT molecular complexity index is 1070. The van der Waals surface area contributed by atoms with E-state index in [1.807, 2.05) is 24.3 Å². The number of amides is 1. The third kappa shape index (κ3) is 7.03. The van der Waals surface area contributed by atoms with Gasteiger partial charge in [0.1, 0.15) is 5.75 Å². The van der Waals surface area contributed by atoms with Crippen molar-refractivity contribution in [2.45, 2.75) is 51.6 Å². The Morgan fingerprint density at radius 3 is 2.32 bits per heavy atom. The summed E-state index contributed by atoms with van der Waals surface area (Å²) in [6, 6.07) is 10.00. The standard InChI is InChI=1S/C25H31Cl2NO5S/c1-3-4-5-6-12-33-24-22(26)14-19(15-23(24)27)25(29)28(20-11-13-34(30,31)17-20)16-18-7-9-21(32-2)10-8-18/h7-10,14-15,20H,3-6,11-13,16-17H2,1-2H3. The second-order valence-electron chi connectivity index (χ2n) is 8.52. The average Bonchev–Trinajstić information content (AvgIpc) is 3.17. The number of nitrogens with zero attached hydrogens (tertiary/aromatic N) is 1. The van der Waals surface area contributed by atoms with Gasteiger partial charge in [-0.3, -0.25) is 4.79 Å². The highest BCUT2D eigenvalue weighted by atomic mass is 35.5. The van der Waals surface area contributed by atoms with Gasteiger partial charge in [-0.2, -0.15) is 0 Å². The molecule has 1 atom stereocenters. The SMILES string of the molecule is CCCCCCOc1c(Cl)cc(C(=O)N(Cc2ccc(OC)cc2)C2CCS(=O)(=O)C2)cc1Cl. The first-order valence-electron chi connectivity index (χ1n) is 11.5. The molecule has 0 aromatic heterocycles. The van der Waals surface area contributed by atoms with Gasteiger partial charge >= 0.3 is 0 Å². The van der Waals surface area contributed by atoms with Crippen LogP contribution < -0.4 is 9.47 Å². The van der Waals surface area contributed by atoms with Gasteiger partial charge in [0.05, 0.1) is 35.3 Å². The van der Waals surface area contributed by atoms with E-state index in [9.17, 15) is 13.2 Å². The molecule has 2 aromatic carbocycles. The van der Waals surface area contributed by atoms with Crippen molar-refractivity contribution < 1.29 is 22.7 Å². The highest BCUT2D eigenvalue weighted by Crippen LogP contribution is 2.35. The smallest absolute Gasteiger partial charge is 0.254 e. The third-order valence-corrected chi connectivity index (χ3v) is 8.22. The zero-order chi connectivity index (χ0) is 24.7. The van der Waals surface area contributed by atoms with Gasteiger partial charge in [-0.15, -0.1) is 0 Å². The number of hydrogen-bond donors (Lipinski definition) is 0. The lowest BCUT2D eigenvalue weighted by atomic mass is 10.1. The van der Waals surface area contributed by atoms with Crippen molar-refractivity contribution >= 4 is 38.9 Å². The van der Waals surface area contributed by atoms with Crippen LogP contribution in [-0.4, -0.2) is 50.5 Å². The average molecular weight is 528 g/mol. The highest BCUT2D eigenvalue weighted by Gasteiger charge is 2.35. The van der Waals surface area contributed by atoms with Crippen molar-refractivity contribution in [1.29, 1.82) is 0 Å². The number of benzene rings is 2.